The van der Waals surface area contributed by atoms with Gasteiger partial charge in [0.25, 0.3) is 0 Å². The van der Waals surface area contributed by atoms with Crippen molar-refractivity contribution in [1.29, 1.82) is 0 Å². The Morgan fingerprint density at radius 1 is 1.31 bits per heavy atom. The third-order valence-corrected chi connectivity index (χ3v) is 2.54. The van der Waals surface area contributed by atoms with Crippen molar-refractivity contribution < 1.29 is 9.53 Å². The van der Waals surface area contributed by atoms with Gasteiger partial charge < -0.3 is 15.8 Å². The minimum atomic E-state index is -0.418. The summed E-state index contributed by atoms with van der Waals surface area (Å²) in [5.74, 6) is 0.695. The minimum absolute atomic E-state index is 0.0377. The van der Waals surface area contributed by atoms with Crippen LogP contribution in [0.4, 0.5) is 0 Å². The molecule has 3 N–H and O–H groups in total. The number of rotatable bonds is 7. The van der Waals surface area contributed by atoms with Crippen molar-refractivity contribution in [2.24, 2.45) is 17.6 Å². The molecular formula is C12H26N2O2. The topological polar surface area (TPSA) is 64.3 Å². The van der Waals surface area contributed by atoms with E-state index in [9.17, 15) is 4.79 Å². The van der Waals surface area contributed by atoms with Crippen LogP contribution in [0.5, 0.6) is 0 Å². The fourth-order valence-corrected chi connectivity index (χ4v) is 1.49. The van der Waals surface area contributed by atoms with E-state index in [1.54, 1.807) is 7.11 Å². The van der Waals surface area contributed by atoms with E-state index >= 15 is 0 Å². The van der Waals surface area contributed by atoms with Crippen LogP contribution < -0.4 is 11.1 Å². The maximum Gasteiger partial charge on any atom is 0.237 e. The van der Waals surface area contributed by atoms with Gasteiger partial charge in [0.15, 0.2) is 0 Å². The molecule has 2 atom stereocenters. The Bertz CT molecular complexity index is 205. The lowest BCUT2D eigenvalue weighted by Gasteiger charge is -2.24. The second-order valence-corrected chi connectivity index (χ2v) is 5.05. The predicted octanol–water partition coefficient (Wildman–Crippen LogP) is 1.15. The van der Waals surface area contributed by atoms with Crippen molar-refractivity contribution in [1.82, 2.24) is 5.32 Å². The Morgan fingerprint density at radius 3 is 2.25 bits per heavy atom. The smallest absolute Gasteiger partial charge is 0.237 e. The van der Waals surface area contributed by atoms with E-state index in [0.29, 0.717) is 24.9 Å². The van der Waals surface area contributed by atoms with Crippen LogP contribution in [-0.4, -0.2) is 31.7 Å². The van der Waals surface area contributed by atoms with Gasteiger partial charge in [-0.2, -0.15) is 0 Å². The van der Waals surface area contributed by atoms with Crippen molar-refractivity contribution in [2.75, 3.05) is 13.7 Å². The average Bonchev–Trinajstić information content (AvgIpc) is 2.15. The highest BCUT2D eigenvalue weighted by Crippen LogP contribution is 2.05. The molecule has 0 fully saturated rings. The summed E-state index contributed by atoms with van der Waals surface area (Å²) < 4.78 is 5.07. The van der Waals surface area contributed by atoms with Crippen molar-refractivity contribution in [3.63, 3.8) is 0 Å². The number of ether oxygens (including phenoxy) is 1. The van der Waals surface area contributed by atoms with Crippen LogP contribution in [0.15, 0.2) is 0 Å². The van der Waals surface area contributed by atoms with Crippen LogP contribution in [0, 0.1) is 11.8 Å². The summed E-state index contributed by atoms with van der Waals surface area (Å²) in [7, 11) is 1.63. The monoisotopic (exact) mass is 230 g/mol. The molecule has 16 heavy (non-hydrogen) atoms. The lowest BCUT2D eigenvalue weighted by molar-refractivity contribution is -0.124. The van der Waals surface area contributed by atoms with E-state index in [2.05, 4.69) is 33.0 Å². The highest BCUT2D eigenvalue weighted by molar-refractivity contribution is 5.81. The first-order valence-electron chi connectivity index (χ1n) is 5.93. The number of hydrogen-bond donors (Lipinski definition) is 2. The molecule has 96 valence electrons. The molecule has 0 aliphatic rings. The SMILES string of the molecule is COCC(NC(=O)[C@H](N)CC(C)C)C(C)C. The number of nitrogens with two attached hydrogens (primary N) is 1. The molecule has 0 aromatic rings. The van der Waals surface area contributed by atoms with Crippen LogP contribution in [0.2, 0.25) is 0 Å². The first-order valence-corrected chi connectivity index (χ1v) is 5.93. The van der Waals surface area contributed by atoms with E-state index < -0.39 is 6.04 Å². The molecule has 0 bridgehead atoms. The quantitative estimate of drug-likeness (QED) is 0.689. The van der Waals surface area contributed by atoms with Gasteiger partial charge in [0.2, 0.25) is 5.91 Å². The highest BCUT2D eigenvalue weighted by Gasteiger charge is 2.20. The van der Waals surface area contributed by atoms with Gasteiger partial charge in [-0.25, -0.2) is 0 Å². The molecule has 0 aromatic heterocycles. The second kappa shape index (κ2) is 7.63. The Balaban J connectivity index is 4.17. The number of carbonyl (C=O) groups is 1. The fraction of sp³-hybridized carbons (Fsp3) is 0.917. The van der Waals surface area contributed by atoms with E-state index in [1.165, 1.54) is 0 Å². The molecule has 4 nitrogen and oxygen atoms in total. The summed E-state index contributed by atoms with van der Waals surface area (Å²) in [6.07, 6.45) is 0.712. The molecule has 1 unspecified atom stereocenters. The largest absolute Gasteiger partial charge is 0.383 e. The van der Waals surface area contributed by atoms with E-state index in [4.69, 9.17) is 10.5 Å². The maximum absolute atomic E-state index is 11.8. The zero-order chi connectivity index (χ0) is 12.7. The van der Waals surface area contributed by atoms with Gasteiger partial charge in [-0.1, -0.05) is 27.7 Å². The molecule has 0 radical (unpaired) electrons. The lowest BCUT2D eigenvalue weighted by atomic mass is 10.0. The van der Waals surface area contributed by atoms with E-state index in [0.717, 1.165) is 0 Å². The van der Waals surface area contributed by atoms with Gasteiger partial charge in [-0.3, -0.25) is 4.79 Å². The van der Waals surface area contributed by atoms with Crippen molar-refractivity contribution in [3.05, 3.63) is 0 Å². The van der Waals surface area contributed by atoms with Crippen LogP contribution in [0.3, 0.4) is 0 Å². The van der Waals surface area contributed by atoms with Gasteiger partial charge in [-0.15, -0.1) is 0 Å². The van der Waals surface area contributed by atoms with Crippen LogP contribution in [-0.2, 0) is 9.53 Å². The molecule has 0 rings (SSSR count). The van der Waals surface area contributed by atoms with Crippen molar-refractivity contribution in [2.45, 2.75) is 46.2 Å². The average molecular weight is 230 g/mol. The summed E-state index contributed by atoms with van der Waals surface area (Å²) in [6, 6.07) is -0.381. The van der Waals surface area contributed by atoms with Crippen LogP contribution >= 0.6 is 0 Å². The third-order valence-electron chi connectivity index (χ3n) is 2.54. The Kier molecular flexibility index (Phi) is 7.34. The number of amides is 1. The first kappa shape index (κ1) is 15.4. The predicted molar refractivity (Wildman–Crippen MR) is 66.1 cm³/mol. The zero-order valence-electron chi connectivity index (χ0n) is 11.1. The van der Waals surface area contributed by atoms with Gasteiger partial charge in [0.05, 0.1) is 18.7 Å². The van der Waals surface area contributed by atoms with Crippen molar-refractivity contribution in [3.8, 4) is 0 Å². The molecule has 0 aliphatic carbocycles. The summed E-state index contributed by atoms with van der Waals surface area (Å²) in [4.78, 5) is 11.8. The van der Waals surface area contributed by atoms with Gasteiger partial charge in [0, 0.05) is 7.11 Å². The molecule has 0 heterocycles. The van der Waals surface area contributed by atoms with Crippen molar-refractivity contribution >= 4 is 5.91 Å². The summed E-state index contributed by atoms with van der Waals surface area (Å²) in [5, 5.41) is 2.93. The first-order chi connectivity index (χ1) is 7.38. The number of nitrogens with one attached hydrogen (secondary N) is 1. The molecule has 0 saturated carbocycles. The molecular weight excluding hydrogens is 204 g/mol. The molecule has 0 spiro atoms. The Labute approximate surface area is 98.9 Å². The van der Waals surface area contributed by atoms with E-state index in [-0.39, 0.29) is 11.9 Å². The lowest BCUT2D eigenvalue weighted by Crippen LogP contribution is -2.49. The molecule has 0 saturated heterocycles. The molecule has 4 heteroatoms. The van der Waals surface area contributed by atoms with Gasteiger partial charge >= 0.3 is 0 Å². The standard InChI is InChI=1S/C12H26N2O2/c1-8(2)6-10(13)12(15)14-11(7-16-5)9(3)4/h8-11H,6-7,13H2,1-5H3,(H,14,15)/t10-,11?/m1/s1. The molecule has 0 aromatic carbocycles. The molecule has 0 aliphatic heterocycles. The Hall–Kier alpha value is -0.610. The Morgan fingerprint density at radius 2 is 1.88 bits per heavy atom. The maximum atomic E-state index is 11.8. The third kappa shape index (κ3) is 6.08. The zero-order valence-corrected chi connectivity index (χ0v) is 11.1. The highest BCUT2D eigenvalue weighted by atomic mass is 16.5. The number of carbonyl (C=O) groups excluding carboxylic acids is 1. The number of hydrogen-bond acceptors (Lipinski definition) is 3. The van der Waals surface area contributed by atoms with Crippen LogP contribution in [0.25, 0.3) is 0 Å². The molecule has 1 amide bonds. The minimum Gasteiger partial charge on any atom is -0.383 e. The summed E-state index contributed by atoms with van der Waals surface area (Å²) >= 11 is 0. The number of methoxy groups -OCH3 is 1. The van der Waals surface area contributed by atoms with E-state index in [1.807, 2.05) is 0 Å². The van der Waals surface area contributed by atoms with Gasteiger partial charge in [0.1, 0.15) is 0 Å². The summed E-state index contributed by atoms with van der Waals surface area (Å²) in [6.45, 7) is 8.75. The second-order valence-electron chi connectivity index (χ2n) is 5.05. The summed E-state index contributed by atoms with van der Waals surface area (Å²) in [5.41, 5.74) is 5.81. The van der Waals surface area contributed by atoms with Gasteiger partial charge in [-0.05, 0) is 18.3 Å². The van der Waals surface area contributed by atoms with Crippen LogP contribution in [0.1, 0.15) is 34.1 Å². The fourth-order valence-electron chi connectivity index (χ4n) is 1.49. The normalized spacial score (nSPS) is 15.2.